The van der Waals surface area contributed by atoms with Crippen LogP contribution in [0.25, 0.3) is 0 Å². The van der Waals surface area contributed by atoms with Crippen molar-refractivity contribution in [3.8, 4) is 0 Å². The lowest BCUT2D eigenvalue weighted by atomic mass is 10.2. The number of carboxylic acid groups (broad SMARTS) is 1. The van der Waals surface area contributed by atoms with Crippen molar-refractivity contribution >= 4 is 23.7 Å². The third kappa shape index (κ3) is 4.70. The summed E-state index contributed by atoms with van der Waals surface area (Å²) in [5, 5.41) is 9.16. The van der Waals surface area contributed by atoms with Gasteiger partial charge in [-0.05, 0) is 20.8 Å². The maximum Gasteiger partial charge on any atom is 0.340 e. The van der Waals surface area contributed by atoms with Gasteiger partial charge in [0.2, 0.25) is 0 Å². The second-order valence-electron chi connectivity index (χ2n) is 4.42. The van der Waals surface area contributed by atoms with E-state index in [1.807, 2.05) is 0 Å². The van der Waals surface area contributed by atoms with Crippen LogP contribution in [0.2, 0.25) is 0 Å². The molecule has 98 valence electrons. The van der Waals surface area contributed by atoms with Gasteiger partial charge in [0.1, 0.15) is 22.5 Å². The Morgan fingerprint density at radius 3 is 2.67 bits per heavy atom. The van der Waals surface area contributed by atoms with E-state index in [9.17, 15) is 9.59 Å². The number of esters is 1. The topological polar surface area (TPSA) is 89.4 Å². The molecule has 1 aromatic rings. The van der Waals surface area contributed by atoms with Crippen LogP contribution >= 0.6 is 11.8 Å². The van der Waals surface area contributed by atoms with Crippen molar-refractivity contribution in [3.63, 3.8) is 0 Å². The van der Waals surface area contributed by atoms with Crippen molar-refractivity contribution in [1.82, 2.24) is 9.97 Å². The molecule has 0 unspecified atom stereocenters. The fourth-order valence-electron chi connectivity index (χ4n) is 1.08. The number of aromatic carboxylic acids is 1. The number of hydrogen-bond acceptors (Lipinski definition) is 6. The molecule has 1 heterocycles. The summed E-state index contributed by atoms with van der Waals surface area (Å²) in [5.41, 5.74) is -0.579. The molecule has 0 atom stereocenters. The van der Waals surface area contributed by atoms with Crippen LogP contribution in [0.15, 0.2) is 17.6 Å². The highest BCUT2D eigenvalue weighted by Crippen LogP contribution is 2.20. The van der Waals surface area contributed by atoms with Crippen molar-refractivity contribution in [2.75, 3.05) is 5.75 Å². The summed E-state index contributed by atoms with van der Waals surface area (Å²) in [4.78, 5) is 29.8. The highest BCUT2D eigenvalue weighted by molar-refractivity contribution is 8.00. The molecule has 18 heavy (non-hydrogen) atoms. The molecule has 1 aromatic heterocycles. The average Bonchev–Trinajstić information content (AvgIpc) is 2.24. The fourth-order valence-corrected chi connectivity index (χ4v) is 1.81. The maximum absolute atomic E-state index is 11.5. The minimum atomic E-state index is -1.12. The van der Waals surface area contributed by atoms with Gasteiger partial charge in [-0.2, -0.15) is 0 Å². The number of carbonyl (C=O) groups excluding carboxylic acids is 1. The molecule has 0 aliphatic rings. The molecule has 6 nitrogen and oxygen atoms in total. The van der Waals surface area contributed by atoms with Crippen LogP contribution in [0, 0.1) is 0 Å². The van der Waals surface area contributed by atoms with Gasteiger partial charge in [0.15, 0.2) is 0 Å². The highest BCUT2D eigenvalue weighted by atomic mass is 32.2. The number of carboxylic acids is 1. The Hall–Kier alpha value is -1.63. The van der Waals surface area contributed by atoms with Gasteiger partial charge in [0.05, 0.1) is 5.75 Å². The van der Waals surface area contributed by atoms with Crippen molar-refractivity contribution in [2.45, 2.75) is 31.4 Å². The molecule has 0 saturated heterocycles. The Morgan fingerprint density at radius 1 is 1.44 bits per heavy atom. The van der Waals surface area contributed by atoms with Gasteiger partial charge >= 0.3 is 11.9 Å². The van der Waals surface area contributed by atoms with Gasteiger partial charge in [-0.3, -0.25) is 4.79 Å². The van der Waals surface area contributed by atoms with E-state index in [-0.39, 0.29) is 16.3 Å². The summed E-state index contributed by atoms with van der Waals surface area (Å²) in [7, 11) is 0. The van der Waals surface area contributed by atoms with E-state index >= 15 is 0 Å². The molecule has 0 aliphatic heterocycles. The summed E-state index contributed by atoms with van der Waals surface area (Å²) in [5.74, 6) is -1.53. The van der Waals surface area contributed by atoms with E-state index in [0.29, 0.717) is 0 Å². The summed E-state index contributed by atoms with van der Waals surface area (Å²) in [6.07, 6.45) is 2.44. The standard InChI is InChI=1S/C11H14N2O4S/c1-11(2,3)17-8(14)5-18-9-7(10(15)16)4-12-6-13-9/h4,6H,5H2,1-3H3,(H,15,16). The van der Waals surface area contributed by atoms with Crippen molar-refractivity contribution in [3.05, 3.63) is 18.1 Å². The van der Waals surface area contributed by atoms with Crippen molar-refractivity contribution in [2.24, 2.45) is 0 Å². The Balaban J connectivity index is 2.64. The molecule has 0 saturated carbocycles. The Labute approximate surface area is 109 Å². The molecule has 0 aliphatic carbocycles. The lowest BCUT2D eigenvalue weighted by molar-refractivity contribution is -0.151. The van der Waals surface area contributed by atoms with Gasteiger partial charge < -0.3 is 9.84 Å². The third-order valence-corrected chi connectivity index (χ3v) is 2.63. The lowest BCUT2D eigenvalue weighted by Crippen LogP contribution is -2.25. The summed E-state index contributed by atoms with van der Waals surface area (Å²) in [6, 6.07) is 0. The molecule has 1 N–H and O–H groups in total. The number of thioether (sulfide) groups is 1. The van der Waals surface area contributed by atoms with Crippen LogP contribution < -0.4 is 0 Å². The van der Waals surface area contributed by atoms with Crippen LogP contribution in [-0.2, 0) is 9.53 Å². The summed E-state index contributed by atoms with van der Waals surface area (Å²) >= 11 is 1.02. The first kappa shape index (κ1) is 14.4. The number of rotatable bonds is 4. The van der Waals surface area contributed by atoms with E-state index in [2.05, 4.69) is 9.97 Å². The smallest absolute Gasteiger partial charge is 0.340 e. The van der Waals surface area contributed by atoms with Crippen molar-refractivity contribution in [1.29, 1.82) is 0 Å². The van der Waals surface area contributed by atoms with E-state index < -0.39 is 17.5 Å². The molecular weight excluding hydrogens is 256 g/mol. The minimum Gasteiger partial charge on any atom is -0.478 e. The molecule has 0 spiro atoms. The van der Waals surface area contributed by atoms with E-state index in [1.54, 1.807) is 20.8 Å². The van der Waals surface area contributed by atoms with Gasteiger partial charge in [0.25, 0.3) is 0 Å². The number of hydrogen-bond donors (Lipinski definition) is 1. The number of aromatic nitrogens is 2. The van der Waals surface area contributed by atoms with Crippen LogP contribution in [0.4, 0.5) is 0 Å². The molecule has 0 aromatic carbocycles. The van der Waals surface area contributed by atoms with Crippen LogP contribution in [0.5, 0.6) is 0 Å². The zero-order valence-corrected chi connectivity index (χ0v) is 11.2. The minimum absolute atomic E-state index is 0.00850. The van der Waals surface area contributed by atoms with E-state index in [1.165, 1.54) is 12.5 Å². The Bertz CT molecular complexity index is 457. The first-order valence-electron chi connectivity index (χ1n) is 5.17. The highest BCUT2D eigenvalue weighted by Gasteiger charge is 2.18. The Morgan fingerprint density at radius 2 is 2.11 bits per heavy atom. The maximum atomic E-state index is 11.5. The monoisotopic (exact) mass is 270 g/mol. The molecule has 1 rings (SSSR count). The van der Waals surface area contributed by atoms with Gasteiger partial charge in [0, 0.05) is 6.20 Å². The second-order valence-corrected chi connectivity index (χ2v) is 5.39. The first-order valence-corrected chi connectivity index (χ1v) is 6.16. The zero-order valence-electron chi connectivity index (χ0n) is 10.3. The van der Waals surface area contributed by atoms with Crippen LogP contribution in [-0.4, -0.2) is 38.4 Å². The number of ether oxygens (including phenoxy) is 1. The predicted molar refractivity (Wildman–Crippen MR) is 65.6 cm³/mol. The van der Waals surface area contributed by atoms with E-state index in [0.717, 1.165) is 11.8 Å². The van der Waals surface area contributed by atoms with Crippen molar-refractivity contribution < 1.29 is 19.4 Å². The fraction of sp³-hybridized carbons (Fsp3) is 0.455. The third-order valence-electron chi connectivity index (χ3n) is 1.65. The average molecular weight is 270 g/mol. The number of carbonyl (C=O) groups is 2. The Kier molecular flexibility index (Phi) is 4.66. The molecule has 0 amide bonds. The predicted octanol–water partition coefficient (Wildman–Crippen LogP) is 1.61. The van der Waals surface area contributed by atoms with E-state index in [4.69, 9.17) is 9.84 Å². The largest absolute Gasteiger partial charge is 0.478 e. The van der Waals surface area contributed by atoms with Gasteiger partial charge in [-0.25, -0.2) is 14.8 Å². The summed E-state index contributed by atoms with van der Waals surface area (Å²) in [6.45, 7) is 5.30. The molecule has 0 bridgehead atoms. The van der Waals surface area contributed by atoms with Gasteiger partial charge in [-0.1, -0.05) is 11.8 Å². The zero-order chi connectivity index (χ0) is 13.8. The quantitative estimate of drug-likeness (QED) is 0.505. The summed E-state index contributed by atoms with van der Waals surface area (Å²) < 4.78 is 5.11. The number of nitrogens with zero attached hydrogens (tertiary/aromatic N) is 2. The van der Waals surface area contributed by atoms with Gasteiger partial charge in [-0.15, -0.1) is 0 Å². The lowest BCUT2D eigenvalue weighted by Gasteiger charge is -2.19. The first-order chi connectivity index (χ1) is 8.29. The second kappa shape index (κ2) is 5.81. The molecule has 7 heteroatoms. The SMILES string of the molecule is CC(C)(C)OC(=O)CSc1ncncc1C(=O)O. The molecular formula is C11H14N2O4S. The molecule has 0 fully saturated rings. The van der Waals surface area contributed by atoms with Crippen LogP contribution in [0.3, 0.4) is 0 Å². The molecule has 0 radical (unpaired) electrons. The van der Waals surface area contributed by atoms with Crippen LogP contribution in [0.1, 0.15) is 31.1 Å². The normalized spacial score (nSPS) is 11.1.